The molecule has 0 amide bonds. The molecular formula is C11H20N2O2S. The highest BCUT2D eigenvalue weighted by atomic mass is 32.2. The van der Waals surface area contributed by atoms with Crippen LogP contribution in [0.3, 0.4) is 0 Å². The normalized spacial score (nSPS) is 28.4. The van der Waals surface area contributed by atoms with Gasteiger partial charge in [-0.2, -0.15) is 11.8 Å². The smallest absolute Gasteiger partial charge is 0.304 e. The SMILES string of the molecule is O=C(O)CCN1CCN(C2CCSC2)CC1. The minimum absolute atomic E-state index is 0.277. The molecule has 5 heteroatoms. The topological polar surface area (TPSA) is 43.8 Å². The summed E-state index contributed by atoms with van der Waals surface area (Å²) in [5, 5.41) is 8.63. The van der Waals surface area contributed by atoms with Crippen LogP contribution in [-0.4, -0.2) is 71.1 Å². The summed E-state index contributed by atoms with van der Waals surface area (Å²) in [4.78, 5) is 15.3. The largest absolute Gasteiger partial charge is 0.481 e. The highest BCUT2D eigenvalue weighted by Crippen LogP contribution is 2.23. The molecule has 0 aromatic carbocycles. The van der Waals surface area contributed by atoms with E-state index >= 15 is 0 Å². The average molecular weight is 244 g/mol. The quantitative estimate of drug-likeness (QED) is 0.784. The third-order valence-electron chi connectivity index (χ3n) is 3.47. The number of aliphatic carboxylic acids is 1. The molecule has 0 spiro atoms. The maximum absolute atomic E-state index is 10.5. The van der Waals surface area contributed by atoms with Gasteiger partial charge in [0.2, 0.25) is 0 Å². The van der Waals surface area contributed by atoms with Gasteiger partial charge in [-0.25, -0.2) is 0 Å². The van der Waals surface area contributed by atoms with Crippen molar-refractivity contribution >= 4 is 17.7 Å². The Labute approximate surface area is 101 Å². The van der Waals surface area contributed by atoms with Crippen LogP contribution in [0.4, 0.5) is 0 Å². The summed E-state index contributed by atoms with van der Waals surface area (Å²) in [5.74, 6) is 1.91. The molecule has 1 atom stereocenters. The summed E-state index contributed by atoms with van der Waals surface area (Å²) in [7, 11) is 0. The predicted molar refractivity (Wildman–Crippen MR) is 66.0 cm³/mol. The van der Waals surface area contributed by atoms with Crippen molar-refractivity contribution in [1.82, 2.24) is 9.80 Å². The minimum atomic E-state index is -0.686. The van der Waals surface area contributed by atoms with Crippen molar-refractivity contribution in [2.45, 2.75) is 18.9 Å². The van der Waals surface area contributed by atoms with Gasteiger partial charge >= 0.3 is 5.97 Å². The summed E-state index contributed by atoms with van der Waals surface area (Å²) < 4.78 is 0. The lowest BCUT2D eigenvalue weighted by molar-refractivity contribution is -0.137. The van der Waals surface area contributed by atoms with Gasteiger partial charge in [-0.05, 0) is 12.2 Å². The average Bonchev–Trinajstić information content (AvgIpc) is 2.80. The van der Waals surface area contributed by atoms with Gasteiger partial charge in [0.15, 0.2) is 0 Å². The van der Waals surface area contributed by atoms with E-state index in [9.17, 15) is 4.79 Å². The Morgan fingerprint density at radius 2 is 2.06 bits per heavy atom. The van der Waals surface area contributed by atoms with E-state index in [0.29, 0.717) is 6.54 Å². The molecule has 2 aliphatic heterocycles. The third-order valence-corrected chi connectivity index (χ3v) is 4.62. The van der Waals surface area contributed by atoms with Crippen LogP contribution in [0.5, 0.6) is 0 Å². The highest BCUT2D eigenvalue weighted by Gasteiger charge is 2.26. The zero-order valence-electron chi connectivity index (χ0n) is 9.60. The van der Waals surface area contributed by atoms with E-state index in [2.05, 4.69) is 21.6 Å². The molecule has 0 bridgehead atoms. The molecule has 0 aromatic heterocycles. The number of rotatable bonds is 4. The molecule has 92 valence electrons. The van der Waals surface area contributed by atoms with Crippen molar-refractivity contribution < 1.29 is 9.90 Å². The van der Waals surface area contributed by atoms with E-state index in [1.165, 1.54) is 17.9 Å². The lowest BCUT2D eigenvalue weighted by Gasteiger charge is -2.37. The minimum Gasteiger partial charge on any atom is -0.481 e. The standard InChI is InChI=1S/C11H20N2O2S/c14-11(15)1-3-12-4-6-13(7-5-12)10-2-8-16-9-10/h10H,1-9H2,(H,14,15). The zero-order chi connectivity index (χ0) is 11.4. The third kappa shape index (κ3) is 3.37. The Bertz CT molecular complexity index is 236. The summed E-state index contributed by atoms with van der Waals surface area (Å²) in [5.41, 5.74) is 0. The fourth-order valence-corrected chi connectivity index (χ4v) is 3.67. The monoisotopic (exact) mass is 244 g/mol. The Morgan fingerprint density at radius 3 is 2.62 bits per heavy atom. The second-order valence-electron chi connectivity index (χ2n) is 4.54. The fraction of sp³-hybridized carbons (Fsp3) is 0.909. The van der Waals surface area contributed by atoms with Crippen LogP contribution in [0.15, 0.2) is 0 Å². The number of hydrogen-bond acceptors (Lipinski definition) is 4. The van der Waals surface area contributed by atoms with Gasteiger partial charge in [-0.3, -0.25) is 9.69 Å². The highest BCUT2D eigenvalue weighted by molar-refractivity contribution is 7.99. The Hall–Kier alpha value is -0.260. The van der Waals surface area contributed by atoms with Gasteiger partial charge in [0.25, 0.3) is 0 Å². The fourth-order valence-electron chi connectivity index (χ4n) is 2.42. The van der Waals surface area contributed by atoms with E-state index in [0.717, 1.165) is 32.2 Å². The van der Waals surface area contributed by atoms with Crippen molar-refractivity contribution in [1.29, 1.82) is 0 Å². The molecule has 2 aliphatic rings. The van der Waals surface area contributed by atoms with Gasteiger partial charge in [-0.1, -0.05) is 0 Å². The first-order valence-corrected chi connectivity index (χ1v) is 7.17. The molecule has 2 fully saturated rings. The lowest BCUT2D eigenvalue weighted by Crippen LogP contribution is -2.50. The number of piperazine rings is 1. The summed E-state index contributed by atoms with van der Waals surface area (Å²) in [6.07, 6.45) is 1.61. The van der Waals surface area contributed by atoms with Gasteiger partial charge in [0, 0.05) is 44.5 Å². The first-order valence-electron chi connectivity index (χ1n) is 6.01. The van der Waals surface area contributed by atoms with E-state index in [1.807, 2.05) is 0 Å². The van der Waals surface area contributed by atoms with Crippen molar-refractivity contribution in [3.63, 3.8) is 0 Å². The maximum Gasteiger partial charge on any atom is 0.304 e. The van der Waals surface area contributed by atoms with Crippen LogP contribution in [0.1, 0.15) is 12.8 Å². The number of carboxylic acid groups (broad SMARTS) is 1. The number of thioether (sulfide) groups is 1. The van der Waals surface area contributed by atoms with Crippen LogP contribution in [-0.2, 0) is 4.79 Å². The Morgan fingerprint density at radius 1 is 1.31 bits per heavy atom. The van der Waals surface area contributed by atoms with Gasteiger partial charge in [0.05, 0.1) is 6.42 Å². The molecule has 2 saturated heterocycles. The number of nitrogens with zero attached hydrogens (tertiary/aromatic N) is 2. The second kappa shape index (κ2) is 5.89. The lowest BCUT2D eigenvalue weighted by atomic mass is 10.2. The Balaban J connectivity index is 1.67. The van der Waals surface area contributed by atoms with Crippen LogP contribution >= 0.6 is 11.8 Å². The molecule has 0 aliphatic carbocycles. The number of carboxylic acids is 1. The molecular weight excluding hydrogens is 224 g/mol. The summed E-state index contributed by atoms with van der Waals surface area (Å²) in [6.45, 7) is 5.02. The Kier molecular flexibility index (Phi) is 4.49. The van der Waals surface area contributed by atoms with Gasteiger partial charge in [-0.15, -0.1) is 0 Å². The van der Waals surface area contributed by atoms with Crippen molar-refractivity contribution in [3.8, 4) is 0 Å². The molecule has 2 rings (SSSR count). The van der Waals surface area contributed by atoms with E-state index < -0.39 is 5.97 Å². The molecule has 2 heterocycles. The molecule has 16 heavy (non-hydrogen) atoms. The molecule has 1 N–H and O–H groups in total. The van der Waals surface area contributed by atoms with Crippen LogP contribution in [0.25, 0.3) is 0 Å². The van der Waals surface area contributed by atoms with Crippen molar-refractivity contribution in [2.75, 3.05) is 44.2 Å². The molecule has 0 radical (unpaired) electrons. The van der Waals surface area contributed by atoms with Crippen molar-refractivity contribution in [2.24, 2.45) is 0 Å². The summed E-state index contributed by atoms with van der Waals surface area (Å²) in [6, 6.07) is 0.784. The predicted octanol–water partition coefficient (Wildman–Crippen LogP) is 0.584. The van der Waals surface area contributed by atoms with Crippen LogP contribution < -0.4 is 0 Å². The van der Waals surface area contributed by atoms with E-state index in [1.54, 1.807) is 0 Å². The van der Waals surface area contributed by atoms with E-state index in [4.69, 9.17) is 5.11 Å². The van der Waals surface area contributed by atoms with Crippen molar-refractivity contribution in [3.05, 3.63) is 0 Å². The number of hydrogen-bond donors (Lipinski definition) is 1. The maximum atomic E-state index is 10.5. The molecule has 0 aromatic rings. The zero-order valence-corrected chi connectivity index (χ0v) is 10.4. The first-order chi connectivity index (χ1) is 7.75. The van der Waals surface area contributed by atoms with Crippen LogP contribution in [0, 0.1) is 0 Å². The second-order valence-corrected chi connectivity index (χ2v) is 5.69. The first kappa shape index (κ1) is 12.2. The van der Waals surface area contributed by atoms with E-state index in [-0.39, 0.29) is 6.42 Å². The number of carbonyl (C=O) groups is 1. The van der Waals surface area contributed by atoms with Crippen LogP contribution in [0.2, 0.25) is 0 Å². The molecule has 1 unspecified atom stereocenters. The molecule has 0 saturated carbocycles. The summed E-state index contributed by atoms with van der Waals surface area (Å²) >= 11 is 2.06. The van der Waals surface area contributed by atoms with Gasteiger partial charge < -0.3 is 10.0 Å². The molecule has 4 nitrogen and oxygen atoms in total. The van der Waals surface area contributed by atoms with Gasteiger partial charge in [0.1, 0.15) is 0 Å².